The molecule has 0 aliphatic rings. The van der Waals surface area contributed by atoms with Crippen LogP contribution in [0.3, 0.4) is 0 Å². The monoisotopic (exact) mass is 260 g/mol. The standard InChI is InChI=1S/C16H12N4/c1-11-7-13(12-5-3-2-4-6-12)10-18-16(11)15-8-14(9-17)19-20-15/h2-8,10H,1H3,(H,19,20). The molecule has 0 aliphatic carbocycles. The van der Waals surface area contributed by atoms with Gasteiger partial charge in [0, 0.05) is 17.8 Å². The maximum Gasteiger partial charge on any atom is 0.162 e. The summed E-state index contributed by atoms with van der Waals surface area (Å²) in [5.74, 6) is 0. The summed E-state index contributed by atoms with van der Waals surface area (Å²) < 4.78 is 0. The quantitative estimate of drug-likeness (QED) is 0.768. The topological polar surface area (TPSA) is 65.4 Å². The number of hydrogen-bond donors (Lipinski definition) is 1. The summed E-state index contributed by atoms with van der Waals surface area (Å²) in [6.45, 7) is 2.00. The van der Waals surface area contributed by atoms with E-state index in [-0.39, 0.29) is 0 Å². The number of H-pyrrole nitrogens is 1. The molecule has 20 heavy (non-hydrogen) atoms. The highest BCUT2D eigenvalue weighted by Gasteiger charge is 2.09. The molecule has 0 saturated heterocycles. The van der Waals surface area contributed by atoms with Gasteiger partial charge in [-0.05, 0) is 24.1 Å². The maximum atomic E-state index is 8.81. The van der Waals surface area contributed by atoms with Gasteiger partial charge >= 0.3 is 0 Å². The molecule has 4 heteroatoms. The van der Waals surface area contributed by atoms with Crippen molar-refractivity contribution >= 4 is 0 Å². The van der Waals surface area contributed by atoms with Crippen molar-refractivity contribution in [3.05, 3.63) is 59.9 Å². The Morgan fingerprint density at radius 2 is 1.90 bits per heavy atom. The third kappa shape index (κ3) is 2.17. The second-order valence-electron chi connectivity index (χ2n) is 4.53. The number of nitriles is 1. The first-order chi connectivity index (χ1) is 9.78. The van der Waals surface area contributed by atoms with Crippen molar-refractivity contribution in [3.63, 3.8) is 0 Å². The maximum absolute atomic E-state index is 8.81. The zero-order chi connectivity index (χ0) is 13.9. The van der Waals surface area contributed by atoms with Crippen LogP contribution in [0.5, 0.6) is 0 Å². The van der Waals surface area contributed by atoms with E-state index in [0.717, 1.165) is 28.1 Å². The van der Waals surface area contributed by atoms with Gasteiger partial charge in [0.1, 0.15) is 6.07 Å². The molecule has 0 radical (unpaired) electrons. The minimum atomic E-state index is 0.369. The average Bonchev–Trinajstić information content (AvgIpc) is 2.97. The minimum absolute atomic E-state index is 0.369. The Hall–Kier alpha value is -2.93. The zero-order valence-corrected chi connectivity index (χ0v) is 11.0. The van der Waals surface area contributed by atoms with Crippen molar-refractivity contribution in [1.29, 1.82) is 5.26 Å². The first kappa shape index (κ1) is 12.1. The predicted molar refractivity (Wildman–Crippen MR) is 76.7 cm³/mol. The fourth-order valence-electron chi connectivity index (χ4n) is 2.15. The van der Waals surface area contributed by atoms with Crippen LogP contribution < -0.4 is 0 Å². The van der Waals surface area contributed by atoms with Gasteiger partial charge in [0.25, 0.3) is 0 Å². The summed E-state index contributed by atoms with van der Waals surface area (Å²) >= 11 is 0. The molecule has 4 nitrogen and oxygen atoms in total. The Labute approximate surface area is 116 Å². The summed E-state index contributed by atoms with van der Waals surface area (Å²) in [5.41, 5.74) is 5.20. The highest BCUT2D eigenvalue weighted by Crippen LogP contribution is 2.25. The molecule has 3 aromatic rings. The van der Waals surface area contributed by atoms with Crippen molar-refractivity contribution < 1.29 is 0 Å². The lowest BCUT2D eigenvalue weighted by molar-refractivity contribution is 1.07. The van der Waals surface area contributed by atoms with Crippen LogP contribution in [0.2, 0.25) is 0 Å². The van der Waals surface area contributed by atoms with Gasteiger partial charge in [-0.2, -0.15) is 10.4 Å². The molecule has 0 unspecified atom stereocenters. The third-order valence-electron chi connectivity index (χ3n) is 3.13. The minimum Gasteiger partial charge on any atom is -0.275 e. The SMILES string of the molecule is Cc1cc(-c2ccccc2)cnc1-c1cc(C#N)n[nH]1. The van der Waals surface area contributed by atoms with Crippen molar-refractivity contribution in [2.75, 3.05) is 0 Å². The van der Waals surface area contributed by atoms with E-state index in [1.807, 2.05) is 37.4 Å². The van der Waals surface area contributed by atoms with Crippen LogP contribution in [-0.2, 0) is 0 Å². The summed E-state index contributed by atoms with van der Waals surface area (Å²) in [4.78, 5) is 4.49. The van der Waals surface area contributed by atoms with Gasteiger partial charge in [0.05, 0.1) is 11.4 Å². The molecular formula is C16H12N4. The largest absolute Gasteiger partial charge is 0.275 e. The summed E-state index contributed by atoms with van der Waals surface area (Å²) in [7, 11) is 0. The Morgan fingerprint density at radius 3 is 2.55 bits per heavy atom. The van der Waals surface area contributed by atoms with E-state index in [9.17, 15) is 0 Å². The molecule has 0 bridgehead atoms. The highest BCUT2D eigenvalue weighted by molar-refractivity contribution is 5.68. The molecule has 0 atom stereocenters. The molecule has 0 amide bonds. The van der Waals surface area contributed by atoms with Crippen LogP contribution in [-0.4, -0.2) is 15.2 Å². The van der Waals surface area contributed by atoms with Crippen LogP contribution in [0, 0.1) is 18.3 Å². The smallest absolute Gasteiger partial charge is 0.162 e. The molecule has 1 aromatic carbocycles. The van der Waals surface area contributed by atoms with E-state index < -0.39 is 0 Å². The number of rotatable bonds is 2. The van der Waals surface area contributed by atoms with Crippen LogP contribution in [0.15, 0.2) is 48.7 Å². The second kappa shape index (κ2) is 4.98. The van der Waals surface area contributed by atoms with Crippen LogP contribution in [0.4, 0.5) is 0 Å². The Kier molecular flexibility index (Phi) is 3.02. The van der Waals surface area contributed by atoms with E-state index in [0.29, 0.717) is 5.69 Å². The average molecular weight is 260 g/mol. The molecule has 0 fully saturated rings. The van der Waals surface area contributed by atoms with E-state index in [1.54, 1.807) is 6.07 Å². The number of aryl methyl sites for hydroxylation is 1. The molecule has 0 aliphatic heterocycles. The molecule has 96 valence electrons. The van der Waals surface area contributed by atoms with Gasteiger partial charge < -0.3 is 0 Å². The van der Waals surface area contributed by atoms with Crippen molar-refractivity contribution in [2.24, 2.45) is 0 Å². The predicted octanol–water partition coefficient (Wildman–Crippen LogP) is 3.32. The molecule has 1 N–H and O–H groups in total. The Bertz CT molecular complexity index is 782. The Balaban J connectivity index is 2.02. The molecule has 2 aromatic heterocycles. The van der Waals surface area contributed by atoms with Gasteiger partial charge in [-0.3, -0.25) is 10.1 Å². The van der Waals surface area contributed by atoms with E-state index in [1.165, 1.54) is 0 Å². The Morgan fingerprint density at radius 1 is 1.10 bits per heavy atom. The van der Waals surface area contributed by atoms with E-state index in [4.69, 9.17) is 5.26 Å². The molecule has 0 spiro atoms. The fourth-order valence-corrected chi connectivity index (χ4v) is 2.15. The number of aromatic amines is 1. The fraction of sp³-hybridized carbons (Fsp3) is 0.0625. The van der Waals surface area contributed by atoms with Crippen molar-refractivity contribution in [1.82, 2.24) is 15.2 Å². The first-order valence-electron chi connectivity index (χ1n) is 6.26. The van der Waals surface area contributed by atoms with Gasteiger partial charge in [-0.1, -0.05) is 30.3 Å². The summed E-state index contributed by atoms with van der Waals surface area (Å²) in [6.07, 6.45) is 1.84. The van der Waals surface area contributed by atoms with Gasteiger partial charge in [-0.25, -0.2) is 0 Å². The zero-order valence-electron chi connectivity index (χ0n) is 11.0. The first-order valence-corrected chi connectivity index (χ1v) is 6.26. The van der Waals surface area contributed by atoms with E-state index >= 15 is 0 Å². The van der Waals surface area contributed by atoms with Crippen molar-refractivity contribution in [2.45, 2.75) is 6.92 Å². The number of aromatic nitrogens is 3. The van der Waals surface area contributed by atoms with Crippen LogP contribution in [0.25, 0.3) is 22.5 Å². The number of hydrogen-bond acceptors (Lipinski definition) is 3. The van der Waals surface area contributed by atoms with Crippen LogP contribution in [0.1, 0.15) is 11.3 Å². The number of nitrogens with zero attached hydrogens (tertiary/aromatic N) is 3. The molecule has 3 rings (SSSR count). The summed E-state index contributed by atoms with van der Waals surface area (Å²) in [5, 5.41) is 15.6. The molecular weight excluding hydrogens is 248 g/mol. The number of nitrogens with one attached hydrogen (secondary N) is 1. The normalized spacial score (nSPS) is 10.2. The van der Waals surface area contributed by atoms with E-state index in [2.05, 4.69) is 33.4 Å². The van der Waals surface area contributed by atoms with Gasteiger partial charge in [0.2, 0.25) is 0 Å². The van der Waals surface area contributed by atoms with Gasteiger partial charge in [0.15, 0.2) is 5.69 Å². The summed E-state index contributed by atoms with van der Waals surface area (Å²) in [6, 6.07) is 15.9. The third-order valence-corrected chi connectivity index (χ3v) is 3.13. The number of pyridine rings is 1. The van der Waals surface area contributed by atoms with Crippen LogP contribution >= 0.6 is 0 Å². The molecule has 0 saturated carbocycles. The van der Waals surface area contributed by atoms with Gasteiger partial charge in [-0.15, -0.1) is 0 Å². The number of benzene rings is 1. The lowest BCUT2D eigenvalue weighted by Gasteiger charge is -2.06. The lowest BCUT2D eigenvalue weighted by atomic mass is 10.0. The highest BCUT2D eigenvalue weighted by atomic mass is 15.1. The molecule has 2 heterocycles. The van der Waals surface area contributed by atoms with Crippen molar-refractivity contribution in [3.8, 4) is 28.6 Å². The lowest BCUT2D eigenvalue weighted by Crippen LogP contribution is -1.90. The second-order valence-corrected chi connectivity index (χ2v) is 4.53.